The summed E-state index contributed by atoms with van der Waals surface area (Å²) in [6.45, 7) is 3.54. The quantitative estimate of drug-likeness (QED) is 0.313. The second-order valence-electron chi connectivity index (χ2n) is 5.24. The first-order chi connectivity index (χ1) is 11.3. The number of nitrogens with one attached hydrogen (secondary N) is 3. The molecule has 0 spiro atoms. The Labute approximate surface area is 163 Å². The third-order valence-corrected chi connectivity index (χ3v) is 4.75. The molecule has 0 atom stereocenters. The molecule has 0 saturated heterocycles. The molecule has 3 N–H and O–H groups in total. The van der Waals surface area contributed by atoms with Crippen molar-refractivity contribution in [3.05, 3.63) is 52.1 Å². The predicted molar refractivity (Wildman–Crippen MR) is 112 cm³/mol. The van der Waals surface area contributed by atoms with Crippen LogP contribution in [-0.4, -0.2) is 23.0 Å². The van der Waals surface area contributed by atoms with E-state index in [1.807, 2.05) is 18.3 Å². The first kappa shape index (κ1) is 18.7. The zero-order valence-electron chi connectivity index (χ0n) is 13.8. The number of para-hydroxylation sites is 1. The minimum atomic E-state index is 0. The molecule has 0 amide bonds. The van der Waals surface area contributed by atoms with E-state index in [0.717, 1.165) is 28.6 Å². The number of aliphatic imine (C=N–C) groups is 1. The van der Waals surface area contributed by atoms with Crippen molar-refractivity contribution in [2.24, 2.45) is 4.99 Å². The Bertz CT molecular complexity index is 775. The highest BCUT2D eigenvalue weighted by Gasteiger charge is 2.04. The molecule has 7 heteroatoms. The molecule has 0 saturated carbocycles. The third-order valence-electron chi connectivity index (χ3n) is 3.61. The summed E-state index contributed by atoms with van der Waals surface area (Å²) in [6.07, 6.45) is 2.98. The fraction of sp³-hybridized carbons (Fsp3) is 0.294. The smallest absolute Gasteiger partial charge is 0.191 e. The number of rotatable bonds is 5. The number of aromatic amines is 1. The van der Waals surface area contributed by atoms with Gasteiger partial charge in [0.1, 0.15) is 5.01 Å². The first-order valence-corrected chi connectivity index (χ1v) is 8.55. The van der Waals surface area contributed by atoms with Gasteiger partial charge in [-0.15, -0.1) is 35.3 Å². The lowest BCUT2D eigenvalue weighted by molar-refractivity contribution is 0.796. The minimum Gasteiger partial charge on any atom is -0.357 e. The van der Waals surface area contributed by atoms with Gasteiger partial charge in [-0.05, 0) is 23.9 Å². The topological polar surface area (TPSA) is 65.1 Å². The second kappa shape index (κ2) is 9.03. The highest BCUT2D eigenvalue weighted by molar-refractivity contribution is 14.0. The molecule has 0 radical (unpaired) electrons. The molecule has 3 rings (SSSR count). The molecule has 5 nitrogen and oxygen atoms in total. The summed E-state index contributed by atoms with van der Waals surface area (Å²) in [6, 6.07) is 10.4. The maximum Gasteiger partial charge on any atom is 0.191 e. The molecule has 0 aliphatic carbocycles. The van der Waals surface area contributed by atoms with Gasteiger partial charge in [-0.2, -0.15) is 0 Å². The maximum absolute atomic E-state index is 4.41. The van der Waals surface area contributed by atoms with E-state index >= 15 is 0 Å². The number of halogens is 1. The summed E-state index contributed by atoms with van der Waals surface area (Å²) in [7, 11) is 1.78. The maximum atomic E-state index is 4.41. The highest BCUT2D eigenvalue weighted by Crippen LogP contribution is 2.14. The van der Waals surface area contributed by atoms with Gasteiger partial charge >= 0.3 is 0 Å². The SMILES string of the molecule is CCc1cnc(CNC(=NC)NCc2cc3ccccc3[nH]2)s1.I. The number of guanidine groups is 1. The van der Waals surface area contributed by atoms with Crippen LogP contribution in [-0.2, 0) is 19.5 Å². The zero-order valence-corrected chi connectivity index (χ0v) is 16.9. The number of benzene rings is 1. The summed E-state index contributed by atoms with van der Waals surface area (Å²) >= 11 is 1.74. The Morgan fingerprint density at radius 2 is 2.04 bits per heavy atom. The van der Waals surface area contributed by atoms with Crippen LogP contribution < -0.4 is 10.6 Å². The molecule has 0 bridgehead atoms. The van der Waals surface area contributed by atoms with E-state index in [4.69, 9.17) is 0 Å². The lowest BCUT2D eigenvalue weighted by atomic mass is 10.2. The molecule has 128 valence electrons. The Balaban J connectivity index is 0.00000208. The summed E-state index contributed by atoms with van der Waals surface area (Å²) in [5, 5.41) is 8.93. The van der Waals surface area contributed by atoms with E-state index in [2.05, 4.69) is 50.7 Å². The van der Waals surface area contributed by atoms with Gasteiger partial charge in [0, 0.05) is 29.3 Å². The number of hydrogen-bond donors (Lipinski definition) is 3. The van der Waals surface area contributed by atoms with E-state index in [9.17, 15) is 0 Å². The van der Waals surface area contributed by atoms with Crippen LogP contribution in [0.15, 0.2) is 41.5 Å². The van der Waals surface area contributed by atoms with E-state index in [0.29, 0.717) is 13.1 Å². The Morgan fingerprint density at radius 1 is 1.25 bits per heavy atom. The number of nitrogens with zero attached hydrogens (tertiary/aromatic N) is 2. The van der Waals surface area contributed by atoms with Crippen molar-refractivity contribution in [2.75, 3.05) is 7.05 Å². The van der Waals surface area contributed by atoms with Gasteiger partial charge < -0.3 is 15.6 Å². The zero-order chi connectivity index (χ0) is 16.1. The van der Waals surface area contributed by atoms with Crippen LogP contribution in [0.25, 0.3) is 10.9 Å². The molecule has 3 aromatic rings. The monoisotopic (exact) mass is 455 g/mol. The number of aryl methyl sites for hydroxylation is 1. The molecule has 0 unspecified atom stereocenters. The fourth-order valence-corrected chi connectivity index (χ4v) is 3.18. The number of aromatic nitrogens is 2. The van der Waals surface area contributed by atoms with Crippen molar-refractivity contribution in [2.45, 2.75) is 26.4 Å². The summed E-state index contributed by atoms with van der Waals surface area (Å²) in [5.41, 5.74) is 2.29. The molecule has 0 fully saturated rings. The Kier molecular flexibility index (Phi) is 7.04. The molecule has 24 heavy (non-hydrogen) atoms. The average Bonchev–Trinajstić information content (AvgIpc) is 3.21. The van der Waals surface area contributed by atoms with Crippen LogP contribution in [0.1, 0.15) is 22.5 Å². The summed E-state index contributed by atoms with van der Waals surface area (Å²) < 4.78 is 0. The standard InChI is InChI=1S/C17H21N5S.HI/c1-3-14-10-19-16(23-14)11-21-17(18-2)20-9-13-8-12-6-4-5-7-15(12)22-13;/h4-8,10,22H,3,9,11H2,1-2H3,(H2,18,20,21);1H. The lowest BCUT2D eigenvalue weighted by Crippen LogP contribution is -2.36. The number of H-pyrrole nitrogens is 1. The van der Waals surface area contributed by atoms with Crippen LogP contribution in [0.5, 0.6) is 0 Å². The van der Waals surface area contributed by atoms with Crippen molar-refractivity contribution in [3.63, 3.8) is 0 Å². The predicted octanol–water partition coefficient (Wildman–Crippen LogP) is 3.67. The van der Waals surface area contributed by atoms with Crippen molar-refractivity contribution >= 4 is 52.2 Å². The molecular weight excluding hydrogens is 433 g/mol. The highest BCUT2D eigenvalue weighted by atomic mass is 127. The van der Waals surface area contributed by atoms with Gasteiger partial charge in [0.25, 0.3) is 0 Å². The molecule has 2 heterocycles. The van der Waals surface area contributed by atoms with Crippen molar-refractivity contribution in [3.8, 4) is 0 Å². The van der Waals surface area contributed by atoms with Crippen molar-refractivity contribution in [1.29, 1.82) is 0 Å². The van der Waals surface area contributed by atoms with Gasteiger partial charge in [0.15, 0.2) is 5.96 Å². The summed E-state index contributed by atoms with van der Waals surface area (Å²) in [4.78, 5) is 13.4. The van der Waals surface area contributed by atoms with E-state index in [-0.39, 0.29) is 24.0 Å². The van der Waals surface area contributed by atoms with Gasteiger partial charge in [-0.1, -0.05) is 25.1 Å². The van der Waals surface area contributed by atoms with Crippen LogP contribution in [0, 0.1) is 0 Å². The van der Waals surface area contributed by atoms with Gasteiger partial charge in [-0.25, -0.2) is 4.98 Å². The Hall–Kier alpha value is -1.61. The van der Waals surface area contributed by atoms with Gasteiger partial charge in [0.2, 0.25) is 0 Å². The number of fused-ring (bicyclic) bond motifs is 1. The minimum absolute atomic E-state index is 0. The third kappa shape index (κ3) is 4.70. The van der Waals surface area contributed by atoms with E-state index in [1.54, 1.807) is 18.4 Å². The van der Waals surface area contributed by atoms with Crippen LogP contribution >= 0.6 is 35.3 Å². The Morgan fingerprint density at radius 3 is 2.75 bits per heavy atom. The molecule has 1 aromatic carbocycles. The average molecular weight is 455 g/mol. The number of thiazole rings is 1. The molecule has 0 aliphatic heterocycles. The van der Waals surface area contributed by atoms with Gasteiger partial charge in [-0.3, -0.25) is 4.99 Å². The molecule has 2 aromatic heterocycles. The van der Waals surface area contributed by atoms with Crippen LogP contribution in [0.4, 0.5) is 0 Å². The summed E-state index contributed by atoms with van der Waals surface area (Å²) in [5.74, 6) is 0.775. The molecular formula is C17H22IN5S. The largest absolute Gasteiger partial charge is 0.357 e. The number of hydrogen-bond acceptors (Lipinski definition) is 3. The van der Waals surface area contributed by atoms with Crippen molar-refractivity contribution in [1.82, 2.24) is 20.6 Å². The van der Waals surface area contributed by atoms with Crippen LogP contribution in [0.2, 0.25) is 0 Å². The normalized spacial score (nSPS) is 11.3. The lowest BCUT2D eigenvalue weighted by Gasteiger charge is -2.09. The van der Waals surface area contributed by atoms with Crippen molar-refractivity contribution < 1.29 is 0 Å². The van der Waals surface area contributed by atoms with Gasteiger partial charge in [0.05, 0.1) is 13.1 Å². The fourth-order valence-electron chi connectivity index (χ4n) is 2.38. The first-order valence-electron chi connectivity index (χ1n) is 7.73. The van der Waals surface area contributed by atoms with Crippen LogP contribution in [0.3, 0.4) is 0 Å². The second-order valence-corrected chi connectivity index (χ2v) is 6.43. The molecule has 0 aliphatic rings. The van der Waals surface area contributed by atoms with E-state index < -0.39 is 0 Å². The van der Waals surface area contributed by atoms with E-state index in [1.165, 1.54) is 10.3 Å².